The molecule has 112 valence electrons. The third kappa shape index (κ3) is 4.68. The van der Waals surface area contributed by atoms with Crippen LogP contribution in [0, 0.1) is 5.92 Å². The highest BCUT2D eigenvalue weighted by Crippen LogP contribution is 2.26. The van der Waals surface area contributed by atoms with Gasteiger partial charge in [-0.2, -0.15) is 0 Å². The van der Waals surface area contributed by atoms with Crippen molar-refractivity contribution in [2.45, 2.75) is 45.1 Å². The molecule has 2 rings (SSSR count). The Morgan fingerprint density at radius 2 is 2.00 bits per heavy atom. The Morgan fingerprint density at radius 3 is 2.60 bits per heavy atom. The molecule has 0 aromatic heterocycles. The topological polar surface area (TPSA) is 12.5 Å². The smallest absolute Gasteiger partial charge is 0.119 e. The van der Waals surface area contributed by atoms with Gasteiger partial charge in [0.15, 0.2) is 0 Å². The highest BCUT2D eigenvalue weighted by atomic mass is 35.5. The second kappa shape index (κ2) is 7.33. The summed E-state index contributed by atoms with van der Waals surface area (Å²) in [4.78, 5) is 2.49. The van der Waals surface area contributed by atoms with Crippen LogP contribution < -0.4 is 4.74 Å². The zero-order valence-electron chi connectivity index (χ0n) is 12.8. The van der Waals surface area contributed by atoms with Crippen LogP contribution in [0.15, 0.2) is 24.3 Å². The Kier molecular flexibility index (Phi) is 5.74. The molecule has 0 saturated carbocycles. The minimum absolute atomic E-state index is 0.0633. The lowest BCUT2D eigenvalue weighted by Crippen LogP contribution is -2.36. The molecule has 1 aromatic rings. The van der Waals surface area contributed by atoms with Crippen molar-refractivity contribution in [1.29, 1.82) is 0 Å². The molecule has 2 atom stereocenters. The zero-order chi connectivity index (χ0) is 14.5. The number of hydrogen-bond donors (Lipinski definition) is 0. The van der Waals surface area contributed by atoms with E-state index in [4.69, 9.17) is 16.3 Å². The Hall–Kier alpha value is -0.730. The van der Waals surface area contributed by atoms with Crippen LogP contribution in [-0.4, -0.2) is 30.6 Å². The van der Waals surface area contributed by atoms with Gasteiger partial charge in [-0.15, -0.1) is 11.6 Å². The molecule has 0 radical (unpaired) electrons. The first-order valence-corrected chi connectivity index (χ1v) is 8.11. The summed E-state index contributed by atoms with van der Waals surface area (Å²) in [5, 5.41) is 0.0633. The van der Waals surface area contributed by atoms with Crippen molar-refractivity contribution in [3.05, 3.63) is 29.8 Å². The largest absolute Gasteiger partial charge is 0.491 e. The molecule has 1 aliphatic heterocycles. The van der Waals surface area contributed by atoms with Gasteiger partial charge in [-0.05, 0) is 56.8 Å². The third-order valence-electron chi connectivity index (χ3n) is 3.77. The number of benzene rings is 1. The Balaban J connectivity index is 1.90. The monoisotopic (exact) mass is 295 g/mol. The summed E-state index contributed by atoms with van der Waals surface area (Å²) in [6.45, 7) is 9.70. The van der Waals surface area contributed by atoms with Crippen molar-refractivity contribution in [2.75, 3.05) is 19.6 Å². The Bertz CT molecular complexity index is 404. The predicted octanol–water partition coefficient (Wildman–Crippen LogP) is 4.49. The van der Waals surface area contributed by atoms with Crippen LogP contribution in [0.5, 0.6) is 5.75 Å². The van der Waals surface area contributed by atoms with Crippen LogP contribution in [-0.2, 0) is 0 Å². The molecular formula is C17H26ClNO. The van der Waals surface area contributed by atoms with Gasteiger partial charge in [0.2, 0.25) is 0 Å². The summed E-state index contributed by atoms with van der Waals surface area (Å²) >= 11 is 6.56. The number of piperidine rings is 1. The van der Waals surface area contributed by atoms with E-state index in [9.17, 15) is 0 Å². The van der Waals surface area contributed by atoms with Crippen molar-refractivity contribution < 1.29 is 4.74 Å². The molecular weight excluding hydrogens is 270 g/mol. The first-order chi connectivity index (χ1) is 9.54. The van der Waals surface area contributed by atoms with E-state index in [0.29, 0.717) is 0 Å². The predicted molar refractivity (Wildman–Crippen MR) is 85.6 cm³/mol. The van der Waals surface area contributed by atoms with Gasteiger partial charge in [0.05, 0.1) is 11.5 Å². The van der Waals surface area contributed by atoms with Crippen LogP contribution in [0.2, 0.25) is 0 Å². The van der Waals surface area contributed by atoms with E-state index >= 15 is 0 Å². The van der Waals surface area contributed by atoms with Crippen molar-refractivity contribution in [2.24, 2.45) is 5.92 Å². The van der Waals surface area contributed by atoms with E-state index in [-0.39, 0.29) is 11.5 Å². The first kappa shape index (κ1) is 15.7. The normalized spacial score (nSPS) is 21.9. The molecule has 0 N–H and O–H groups in total. The maximum Gasteiger partial charge on any atom is 0.119 e. The second-order valence-electron chi connectivity index (χ2n) is 6.21. The molecule has 2 nitrogen and oxygen atoms in total. The molecule has 0 spiro atoms. The van der Waals surface area contributed by atoms with E-state index in [1.54, 1.807) is 0 Å². The number of rotatable bonds is 5. The Morgan fingerprint density at radius 1 is 1.30 bits per heavy atom. The number of nitrogens with zero attached hydrogens (tertiary/aromatic N) is 1. The number of ether oxygens (including phenoxy) is 1. The summed E-state index contributed by atoms with van der Waals surface area (Å²) in [6, 6.07) is 8.21. The molecule has 3 heteroatoms. The van der Waals surface area contributed by atoms with Gasteiger partial charge in [0, 0.05) is 13.1 Å². The quantitative estimate of drug-likeness (QED) is 0.742. The molecule has 20 heavy (non-hydrogen) atoms. The first-order valence-electron chi connectivity index (χ1n) is 7.67. The zero-order valence-corrected chi connectivity index (χ0v) is 13.6. The molecule has 0 aliphatic carbocycles. The average molecular weight is 296 g/mol. The van der Waals surface area contributed by atoms with Gasteiger partial charge < -0.3 is 9.64 Å². The standard InChI is InChI=1S/C17H26ClNO/c1-13(2)20-16-8-6-15(7-9-16)17(18)12-19-10-4-5-14(3)11-19/h6-9,13-14,17H,4-5,10-12H2,1-3H3. The Labute approximate surface area is 128 Å². The van der Waals surface area contributed by atoms with Gasteiger partial charge in [-0.25, -0.2) is 0 Å². The van der Waals surface area contributed by atoms with Crippen LogP contribution in [0.25, 0.3) is 0 Å². The lowest BCUT2D eigenvalue weighted by atomic mass is 10.00. The minimum Gasteiger partial charge on any atom is -0.491 e. The van der Waals surface area contributed by atoms with E-state index in [0.717, 1.165) is 18.2 Å². The average Bonchev–Trinajstić information content (AvgIpc) is 2.38. The van der Waals surface area contributed by atoms with Crippen LogP contribution >= 0.6 is 11.6 Å². The van der Waals surface area contributed by atoms with Crippen molar-refractivity contribution in [3.8, 4) is 5.75 Å². The lowest BCUT2D eigenvalue weighted by Gasteiger charge is -2.32. The van der Waals surface area contributed by atoms with E-state index in [2.05, 4.69) is 24.0 Å². The van der Waals surface area contributed by atoms with Crippen molar-refractivity contribution >= 4 is 11.6 Å². The second-order valence-corrected chi connectivity index (χ2v) is 6.74. The fourth-order valence-electron chi connectivity index (χ4n) is 2.81. The summed E-state index contributed by atoms with van der Waals surface area (Å²) in [6.07, 6.45) is 2.86. The van der Waals surface area contributed by atoms with Gasteiger partial charge in [-0.3, -0.25) is 0 Å². The molecule has 2 unspecified atom stereocenters. The van der Waals surface area contributed by atoms with E-state index in [1.165, 1.54) is 31.5 Å². The number of hydrogen-bond acceptors (Lipinski definition) is 2. The minimum atomic E-state index is 0.0633. The molecule has 1 saturated heterocycles. The highest BCUT2D eigenvalue weighted by Gasteiger charge is 2.19. The molecule has 1 aliphatic rings. The third-order valence-corrected chi connectivity index (χ3v) is 4.16. The summed E-state index contributed by atoms with van der Waals surface area (Å²) in [7, 11) is 0. The van der Waals surface area contributed by atoms with Crippen molar-refractivity contribution in [1.82, 2.24) is 4.90 Å². The maximum atomic E-state index is 6.56. The fraction of sp³-hybridized carbons (Fsp3) is 0.647. The summed E-state index contributed by atoms with van der Waals surface area (Å²) in [5.74, 6) is 1.72. The fourth-order valence-corrected chi connectivity index (χ4v) is 3.15. The number of alkyl halides is 1. The molecule has 1 heterocycles. The van der Waals surface area contributed by atoms with Gasteiger partial charge in [0.25, 0.3) is 0 Å². The van der Waals surface area contributed by atoms with Gasteiger partial charge in [0.1, 0.15) is 5.75 Å². The van der Waals surface area contributed by atoms with Crippen LogP contribution in [0.4, 0.5) is 0 Å². The van der Waals surface area contributed by atoms with Crippen LogP contribution in [0.3, 0.4) is 0 Å². The van der Waals surface area contributed by atoms with Crippen molar-refractivity contribution in [3.63, 3.8) is 0 Å². The van der Waals surface area contributed by atoms with E-state index in [1.807, 2.05) is 26.0 Å². The number of likely N-dealkylation sites (tertiary alicyclic amines) is 1. The maximum absolute atomic E-state index is 6.56. The SMILES string of the molecule is CC1CCCN(CC(Cl)c2ccc(OC(C)C)cc2)C1. The lowest BCUT2D eigenvalue weighted by molar-refractivity contribution is 0.184. The van der Waals surface area contributed by atoms with Gasteiger partial charge >= 0.3 is 0 Å². The summed E-state index contributed by atoms with van der Waals surface area (Å²) < 4.78 is 5.66. The molecule has 0 bridgehead atoms. The van der Waals surface area contributed by atoms with Gasteiger partial charge in [-0.1, -0.05) is 19.1 Å². The highest BCUT2D eigenvalue weighted by molar-refractivity contribution is 6.21. The van der Waals surface area contributed by atoms with E-state index < -0.39 is 0 Å². The number of halogens is 1. The summed E-state index contributed by atoms with van der Waals surface area (Å²) in [5.41, 5.74) is 1.18. The molecule has 1 aromatic carbocycles. The molecule has 0 amide bonds. The molecule has 1 fully saturated rings. The van der Waals surface area contributed by atoms with Crippen LogP contribution in [0.1, 0.15) is 44.6 Å².